The van der Waals surface area contributed by atoms with Gasteiger partial charge in [0.1, 0.15) is 23.3 Å². The summed E-state index contributed by atoms with van der Waals surface area (Å²) in [6.45, 7) is 0.871. The summed E-state index contributed by atoms with van der Waals surface area (Å²) in [6.07, 6.45) is -0.538. The molecule has 2 saturated carbocycles. The summed E-state index contributed by atoms with van der Waals surface area (Å²) in [5.41, 5.74) is 5.14. The molecular formula is C26H30FN9O4. The number of rotatable bonds is 6. The molecule has 4 N–H and O–H groups in total. The van der Waals surface area contributed by atoms with Crippen LogP contribution < -0.4 is 22.1 Å². The molecule has 2 aliphatic rings. The maximum atomic E-state index is 15.3. The fraction of sp³-hybridized carbons (Fsp3) is 0.462. The number of aromatic nitrogens is 6. The van der Waals surface area contributed by atoms with Crippen LogP contribution in [0, 0.1) is 12.8 Å². The Morgan fingerprint density at radius 2 is 2.05 bits per heavy atom. The molecule has 40 heavy (non-hydrogen) atoms. The number of amides is 2. The molecule has 6 rings (SSSR count). The summed E-state index contributed by atoms with van der Waals surface area (Å²) in [4.78, 5) is 46.6. The molecular weight excluding hydrogens is 521 g/mol. The van der Waals surface area contributed by atoms with E-state index >= 15 is 4.39 Å². The van der Waals surface area contributed by atoms with Gasteiger partial charge in [0.15, 0.2) is 5.65 Å². The highest BCUT2D eigenvalue weighted by Gasteiger charge is 2.60. The lowest BCUT2D eigenvalue weighted by molar-refractivity contribution is -0.123. The number of anilines is 2. The van der Waals surface area contributed by atoms with Crippen molar-refractivity contribution in [3.8, 4) is 0 Å². The number of alkyl halides is 1. The van der Waals surface area contributed by atoms with Gasteiger partial charge in [-0.1, -0.05) is 6.92 Å². The number of alkyl carbamates (subject to hydrolysis) is 1. The van der Waals surface area contributed by atoms with Crippen LogP contribution in [0.1, 0.15) is 42.0 Å². The van der Waals surface area contributed by atoms with Crippen molar-refractivity contribution in [2.24, 2.45) is 18.6 Å². The Hall–Kier alpha value is -4.49. The molecule has 4 aromatic heterocycles. The van der Waals surface area contributed by atoms with Crippen molar-refractivity contribution < 1.29 is 22.8 Å². The average Bonchev–Trinajstić information content (AvgIpc) is 3.16. The van der Waals surface area contributed by atoms with Crippen molar-refractivity contribution in [2.45, 2.75) is 56.9 Å². The number of nitrogens with zero attached hydrogens (tertiary/aromatic N) is 6. The van der Waals surface area contributed by atoms with Gasteiger partial charge in [0, 0.05) is 35.0 Å². The van der Waals surface area contributed by atoms with E-state index in [4.69, 9.17) is 9.85 Å². The third-order valence-electron chi connectivity index (χ3n) is 8.10. The molecule has 2 fully saturated rings. The van der Waals surface area contributed by atoms with Crippen LogP contribution in [0.2, 0.25) is 0 Å². The van der Waals surface area contributed by atoms with Gasteiger partial charge in [-0.2, -0.15) is 5.10 Å². The van der Waals surface area contributed by atoms with Crippen molar-refractivity contribution in [1.29, 1.82) is 0 Å². The number of aryl methyl sites for hydroxylation is 2. The number of hydrogen-bond donors (Lipinski definition) is 3. The Morgan fingerprint density at radius 3 is 2.73 bits per heavy atom. The predicted molar refractivity (Wildman–Crippen MR) is 144 cm³/mol. The first-order chi connectivity index (χ1) is 20.3. The van der Waals surface area contributed by atoms with Gasteiger partial charge >= 0.3 is 11.8 Å². The number of halogens is 1. The smallest absolute Gasteiger partial charge is 0.407 e. The fourth-order valence-corrected chi connectivity index (χ4v) is 5.85. The Bertz CT molecular complexity index is 1850. The van der Waals surface area contributed by atoms with Crippen LogP contribution in [-0.4, -0.2) is 60.2 Å². The number of fused-ring (bicyclic) bond motifs is 2. The molecule has 0 aromatic carbocycles. The number of imidazole rings is 1. The second-order valence-electron chi connectivity index (χ2n) is 10.5. The van der Waals surface area contributed by atoms with Gasteiger partial charge in [-0.15, -0.1) is 0 Å². The van der Waals surface area contributed by atoms with Crippen LogP contribution in [0.3, 0.4) is 0 Å². The summed E-state index contributed by atoms with van der Waals surface area (Å²) in [7, 11) is 1.19. The Morgan fingerprint density at radius 1 is 1.27 bits per heavy atom. The SMILES string of the molecule is [2H]C([2H])([2H])n1c(=O)n(C2CC(NC(=O)OC)CC2F)c2cc(Nc3ccc4c(C)nn(C5(C(N)=O)CC5C)c4n3)ncc21. The molecule has 210 valence electrons. The number of carbonyl (C=O) groups is 2. The highest BCUT2D eigenvalue weighted by molar-refractivity contribution is 5.90. The normalized spacial score (nSPS) is 27.2. The van der Waals surface area contributed by atoms with E-state index in [2.05, 4.69) is 30.4 Å². The van der Waals surface area contributed by atoms with E-state index < -0.39 is 48.5 Å². The minimum absolute atomic E-state index is 0.00430. The molecule has 5 unspecified atom stereocenters. The van der Waals surface area contributed by atoms with Crippen LogP contribution in [-0.2, 0) is 22.0 Å². The number of pyridine rings is 2. The van der Waals surface area contributed by atoms with Crippen LogP contribution >= 0.6 is 0 Å². The molecule has 0 spiro atoms. The molecule has 0 saturated heterocycles. The highest BCUT2D eigenvalue weighted by atomic mass is 19.1. The van der Waals surface area contributed by atoms with Crippen LogP contribution in [0.4, 0.5) is 20.8 Å². The molecule has 0 radical (unpaired) electrons. The van der Waals surface area contributed by atoms with Crippen molar-refractivity contribution in [3.05, 3.63) is 40.6 Å². The number of ether oxygens (including phenoxy) is 1. The summed E-state index contributed by atoms with van der Waals surface area (Å²) in [5.74, 6) is 0.0478. The minimum Gasteiger partial charge on any atom is -0.453 e. The van der Waals surface area contributed by atoms with E-state index in [1.807, 2.05) is 13.8 Å². The summed E-state index contributed by atoms with van der Waals surface area (Å²) in [5, 5.41) is 10.9. The van der Waals surface area contributed by atoms with Gasteiger partial charge in [0.2, 0.25) is 5.91 Å². The molecule has 4 aromatic rings. The van der Waals surface area contributed by atoms with Gasteiger partial charge in [-0.3, -0.25) is 13.9 Å². The summed E-state index contributed by atoms with van der Waals surface area (Å²) >= 11 is 0. The Balaban J connectivity index is 1.41. The van der Waals surface area contributed by atoms with Crippen molar-refractivity contribution in [1.82, 2.24) is 34.2 Å². The Labute approximate surface area is 231 Å². The van der Waals surface area contributed by atoms with Gasteiger partial charge in [-0.05, 0) is 37.8 Å². The third-order valence-corrected chi connectivity index (χ3v) is 8.10. The molecule has 13 nitrogen and oxygen atoms in total. The lowest BCUT2D eigenvalue weighted by Crippen LogP contribution is -2.36. The number of nitrogens with two attached hydrogens (primary N) is 1. The second kappa shape index (κ2) is 9.03. The van der Waals surface area contributed by atoms with Crippen LogP contribution in [0.5, 0.6) is 0 Å². The summed E-state index contributed by atoms with van der Waals surface area (Å²) in [6, 6.07) is 3.28. The molecule has 14 heteroatoms. The first-order valence-electron chi connectivity index (χ1n) is 14.3. The van der Waals surface area contributed by atoms with Crippen LogP contribution in [0.15, 0.2) is 29.2 Å². The van der Waals surface area contributed by atoms with Crippen molar-refractivity contribution in [2.75, 3.05) is 12.4 Å². The van der Waals surface area contributed by atoms with E-state index in [1.165, 1.54) is 19.4 Å². The quantitative estimate of drug-likeness (QED) is 0.326. The van der Waals surface area contributed by atoms with Gasteiger partial charge in [0.05, 0.1) is 36.1 Å². The highest BCUT2D eigenvalue weighted by Crippen LogP contribution is 2.50. The molecule has 2 amide bonds. The van der Waals surface area contributed by atoms with Gasteiger partial charge in [0.25, 0.3) is 0 Å². The first kappa shape index (κ1) is 22.3. The molecule has 0 aliphatic heterocycles. The van der Waals surface area contributed by atoms with E-state index in [1.54, 1.807) is 16.8 Å². The molecule has 2 aliphatic carbocycles. The number of methoxy groups -OCH3 is 1. The van der Waals surface area contributed by atoms with E-state index in [9.17, 15) is 14.4 Å². The second-order valence-corrected chi connectivity index (χ2v) is 10.5. The Kier molecular flexibility index (Phi) is 5.04. The third kappa shape index (κ3) is 3.80. The minimum atomic E-state index is -2.86. The maximum Gasteiger partial charge on any atom is 0.407 e. The van der Waals surface area contributed by atoms with Gasteiger partial charge in [-0.25, -0.2) is 28.6 Å². The van der Waals surface area contributed by atoms with Crippen molar-refractivity contribution >= 4 is 45.7 Å². The lowest BCUT2D eigenvalue weighted by atomic mass is 10.2. The van der Waals surface area contributed by atoms with E-state index in [0.29, 0.717) is 28.1 Å². The first-order valence-corrected chi connectivity index (χ1v) is 12.8. The number of hydrogen-bond acceptors (Lipinski definition) is 8. The van der Waals surface area contributed by atoms with E-state index in [0.717, 1.165) is 9.95 Å². The predicted octanol–water partition coefficient (Wildman–Crippen LogP) is 2.15. The zero-order valence-electron chi connectivity index (χ0n) is 25.0. The molecule has 5 atom stereocenters. The zero-order chi connectivity index (χ0) is 31.0. The molecule has 0 bridgehead atoms. The largest absolute Gasteiger partial charge is 0.453 e. The standard InChI is InChI=1S/C26H30FN9O4/c1-12-10-26(12,23(28)37)36-22-15(13(2)33-36)5-6-20(32-22)31-21-9-18-19(11-29-21)34(3)25(39)35(18)17-8-14(7-16(17)27)30-24(38)40-4/h5-6,9,11-12,14,16-17H,7-8,10H2,1-4H3,(H2,28,37)(H,30,38)(H,29,31,32)/i3D3. The average molecular weight is 555 g/mol. The van der Waals surface area contributed by atoms with E-state index in [-0.39, 0.29) is 35.6 Å². The maximum absolute atomic E-state index is 15.3. The van der Waals surface area contributed by atoms with Crippen LogP contribution in [0.25, 0.3) is 22.1 Å². The van der Waals surface area contributed by atoms with Crippen molar-refractivity contribution in [3.63, 3.8) is 0 Å². The fourth-order valence-electron chi connectivity index (χ4n) is 5.85. The number of carbonyl (C=O) groups excluding carboxylic acids is 2. The zero-order valence-corrected chi connectivity index (χ0v) is 22.0. The summed E-state index contributed by atoms with van der Waals surface area (Å²) < 4.78 is 47.0. The van der Waals surface area contributed by atoms with Gasteiger partial charge < -0.3 is 21.1 Å². The monoisotopic (exact) mass is 554 g/mol. The molecule has 4 heterocycles. The number of primary amides is 1. The number of nitrogens with one attached hydrogen (secondary N) is 2. The lowest BCUT2D eigenvalue weighted by Gasteiger charge is -2.16. The topological polar surface area (TPSA) is 164 Å².